The largest absolute Gasteiger partial charge is 0.342 e. The van der Waals surface area contributed by atoms with E-state index in [0.717, 1.165) is 38.4 Å². The topological polar surface area (TPSA) is 46.3 Å². The average molecular weight is 303 g/mol. The molecule has 3 unspecified atom stereocenters. The molecule has 0 radical (unpaired) electrons. The Labute approximate surface area is 130 Å². The van der Waals surface area contributed by atoms with Gasteiger partial charge >= 0.3 is 0 Å². The quantitative estimate of drug-likeness (QED) is 0.871. The molecule has 2 aliphatic rings. The van der Waals surface area contributed by atoms with Gasteiger partial charge in [-0.3, -0.25) is 4.79 Å². The molecule has 118 valence electrons. The van der Waals surface area contributed by atoms with Crippen LogP contribution in [0.3, 0.4) is 0 Å². The van der Waals surface area contributed by atoms with E-state index in [0.29, 0.717) is 23.2 Å². The van der Waals surface area contributed by atoms with Gasteiger partial charge in [-0.15, -0.1) is 12.4 Å². The fourth-order valence-corrected chi connectivity index (χ4v) is 4.33. The van der Waals surface area contributed by atoms with Crippen LogP contribution in [0.25, 0.3) is 0 Å². The molecule has 0 aromatic rings. The van der Waals surface area contributed by atoms with Gasteiger partial charge in [0, 0.05) is 19.5 Å². The van der Waals surface area contributed by atoms with Gasteiger partial charge in [-0.25, -0.2) is 0 Å². The maximum atomic E-state index is 12.4. The number of hydrogen-bond donors (Lipinski definition) is 1. The SMILES string of the molecule is CC1CC(CC(=O)N2CCC(CN)C2)CC(C)(C)C1.Cl. The number of nitrogens with two attached hydrogens (primary N) is 1. The van der Waals surface area contributed by atoms with Crippen molar-refractivity contribution in [3.05, 3.63) is 0 Å². The normalized spacial score (nSPS) is 32.8. The van der Waals surface area contributed by atoms with Crippen LogP contribution >= 0.6 is 12.4 Å². The van der Waals surface area contributed by atoms with Gasteiger partial charge in [0.15, 0.2) is 0 Å². The second-order valence-electron chi connectivity index (χ2n) is 7.71. The van der Waals surface area contributed by atoms with Crippen LogP contribution in [0, 0.1) is 23.2 Å². The molecular weight excluding hydrogens is 272 g/mol. The summed E-state index contributed by atoms with van der Waals surface area (Å²) in [7, 11) is 0. The summed E-state index contributed by atoms with van der Waals surface area (Å²) >= 11 is 0. The van der Waals surface area contributed by atoms with Crippen molar-refractivity contribution in [1.82, 2.24) is 4.90 Å². The molecule has 1 aliphatic carbocycles. The Morgan fingerprint density at radius 3 is 2.55 bits per heavy atom. The van der Waals surface area contributed by atoms with Gasteiger partial charge in [-0.2, -0.15) is 0 Å². The molecule has 1 saturated heterocycles. The Bertz CT molecular complexity index is 332. The van der Waals surface area contributed by atoms with Crippen LogP contribution in [0.15, 0.2) is 0 Å². The van der Waals surface area contributed by atoms with Crippen molar-refractivity contribution in [1.29, 1.82) is 0 Å². The van der Waals surface area contributed by atoms with Gasteiger partial charge in [-0.05, 0) is 55.4 Å². The van der Waals surface area contributed by atoms with E-state index in [1.165, 1.54) is 19.3 Å². The van der Waals surface area contributed by atoms with Crippen molar-refractivity contribution in [2.24, 2.45) is 28.9 Å². The highest BCUT2D eigenvalue weighted by Crippen LogP contribution is 2.43. The molecule has 0 aromatic heterocycles. The minimum absolute atomic E-state index is 0. The zero-order valence-electron chi connectivity index (χ0n) is 13.2. The first kappa shape index (κ1) is 17.8. The summed E-state index contributed by atoms with van der Waals surface area (Å²) in [4.78, 5) is 14.4. The summed E-state index contributed by atoms with van der Waals surface area (Å²) < 4.78 is 0. The van der Waals surface area contributed by atoms with E-state index < -0.39 is 0 Å². The molecule has 4 heteroatoms. The monoisotopic (exact) mass is 302 g/mol. The number of carbonyl (C=O) groups is 1. The lowest BCUT2D eigenvalue weighted by Crippen LogP contribution is -2.34. The molecule has 3 atom stereocenters. The van der Waals surface area contributed by atoms with Crippen molar-refractivity contribution < 1.29 is 4.79 Å². The van der Waals surface area contributed by atoms with E-state index in [-0.39, 0.29) is 12.4 Å². The van der Waals surface area contributed by atoms with Gasteiger partial charge in [0.1, 0.15) is 0 Å². The molecule has 3 nitrogen and oxygen atoms in total. The third kappa shape index (κ3) is 4.63. The van der Waals surface area contributed by atoms with Crippen LogP contribution in [0.1, 0.15) is 52.9 Å². The lowest BCUT2D eigenvalue weighted by Gasteiger charge is -2.39. The molecule has 0 aromatic carbocycles. The van der Waals surface area contributed by atoms with Crippen LogP contribution in [0.5, 0.6) is 0 Å². The second kappa shape index (κ2) is 7.13. The van der Waals surface area contributed by atoms with Gasteiger partial charge in [0.05, 0.1) is 0 Å². The maximum absolute atomic E-state index is 12.4. The number of rotatable bonds is 3. The number of halogens is 1. The lowest BCUT2D eigenvalue weighted by atomic mass is 9.67. The van der Waals surface area contributed by atoms with Gasteiger partial charge < -0.3 is 10.6 Å². The maximum Gasteiger partial charge on any atom is 0.222 e. The third-order valence-corrected chi connectivity index (χ3v) is 4.91. The van der Waals surface area contributed by atoms with Gasteiger partial charge in [0.2, 0.25) is 5.91 Å². The van der Waals surface area contributed by atoms with Gasteiger partial charge in [-0.1, -0.05) is 20.8 Å². The Morgan fingerprint density at radius 2 is 2.00 bits per heavy atom. The molecule has 2 N–H and O–H groups in total. The Kier molecular flexibility index (Phi) is 6.33. The zero-order chi connectivity index (χ0) is 14.0. The van der Waals surface area contributed by atoms with E-state index in [1.54, 1.807) is 0 Å². The van der Waals surface area contributed by atoms with E-state index in [9.17, 15) is 4.79 Å². The number of carbonyl (C=O) groups excluding carboxylic acids is 1. The molecule has 1 aliphatic heterocycles. The highest BCUT2D eigenvalue weighted by Gasteiger charge is 2.34. The minimum atomic E-state index is 0. The first-order chi connectivity index (χ1) is 8.89. The zero-order valence-corrected chi connectivity index (χ0v) is 14.0. The predicted molar refractivity (Wildman–Crippen MR) is 85.9 cm³/mol. The summed E-state index contributed by atoms with van der Waals surface area (Å²) in [5, 5.41) is 0. The molecular formula is C16H31ClN2O. The van der Waals surface area contributed by atoms with Crippen LogP contribution in [-0.4, -0.2) is 30.4 Å². The van der Waals surface area contributed by atoms with Crippen molar-refractivity contribution in [2.45, 2.75) is 52.9 Å². The fourth-order valence-electron chi connectivity index (χ4n) is 4.33. The van der Waals surface area contributed by atoms with Crippen LogP contribution in [0.2, 0.25) is 0 Å². The molecule has 20 heavy (non-hydrogen) atoms. The Morgan fingerprint density at radius 1 is 1.30 bits per heavy atom. The Hall–Kier alpha value is -0.280. The first-order valence-corrected chi connectivity index (χ1v) is 7.87. The number of nitrogens with zero attached hydrogens (tertiary/aromatic N) is 1. The molecule has 1 heterocycles. The van der Waals surface area contributed by atoms with Crippen molar-refractivity contribution >= 4 is 18.3 Å². The van der Waals surface area contributed by atoms with E-state index >= 15 is 0 Å². The van der Waals surface area contributed by atoms with Crippen LogP contribution in [-0.2, 0) is 4.79 Å². The fraction of sp³-hybridized carbons (Fsp3) is 0.938. The first-order valence-electron chi connectivity index (χ1n) is 7.87. The highest BCUT2D eigenvalue weighted by molar-refractivity contribution is 5.85. The lowest BCUT2D eigenvalue weighted by molar-refractivity contribution is -0.132. The number of amides is 1. The molecule has 1 amide bonds. The molecule has 2 fully saturated rings. The highest BCUT2D eigenvalue weighted by atomic mass is 35.5. The van der Waals surface area contributed by atoms with E-state index in [4.69, 9.17) is 5.73 Å². The van der Waals surface area contributed by atoms with Crippen LogP contribution < -0.4 is 5.73 Å². The minimum Gasteiger partial charge on any atom is -0.342 e. The Balaban J connectivity index is 0.00000200. The summed E-state index contributed by atoms with van der Waals surface area (Å²) in [5.74, 6) is 2.25. The standard InChI is InChI=1S/C16H30N2O.ClH/c1-12-6-14(9-16(2,3)8-12)7-15(19)18-5-4-13(10-17)11-18;/h12-14H,4-11,17H2,1-3H3;1H. The van der Waals surface area contributed by atoms with E-state index in [1.807, 2.05) is 4.90 Å². The summed E-state index contributed by atoms with van der Waals surface area (Å²) in [6.45, 7) is 9.56. The molecule has 0 spiro atoms. The number of likely N-dealkylation sites (tertiary alicyclic amines) is 1. The summed E-state index contributed by atoms with van der Waals surface area (Å²) in [5.41, 5.74) is 6.11. The smallest absolute Gasteiger partial charge is 0.222 e. The summed E-state index contributed by atoms with van der Waals surface area (Å²) in [6, 6.07) is 0. The summed E-state index contributed by atoms with van der Waals surface area (Å²) in [6.07, 6.45) is 5.58. The van der Waals surface area contributed by atoms with Crippen molar-refractivity contribution in [3.8, 4) is 0 Å². The average Bonchev–Trinajstić information content (AvgIpc) is 2.74. The molecule has 0 bridgehead atoms. The van der Waals surface area contributed by atoms with Gasteiger partial charge in [0.25, 0.3) is 0 Å². The second-order valence-corrected chi connectivity index (χ2v) is 7.71. The third-order valence-electron chi connectivity index (χ3n) is 4.91. The molecule has 1 saturated carbocycles. The van der Waals surface area contributed by atoms with Crippen molar-refractivity contribution in [3.63, 3.8) is 0 Å². The van der Waals surface area contributed by atoms with Crippen LogP contribution in [0.4, 0.5) is 0 Å². The van der Waals surface area contributed by atoms with Crippen molar-refractivity contribution in [2.75, 3.05) is 19.6 Å². The number of hydrogen-bond acceptors (Lipinski definition) is 2. The molecule has 2 rings (SSSR count). The predicted octanol–water partition coefficient (Wildman–Crippen LogP) is 3.07. The van der Waals surface area contributed by atoms with E-state index in [2.05, 4.69) is 20.8 Å².